The number of alkyl halides is 2. The third kappa shape index (κ3) is 2.69. The molecule has 0 unspecified atom stereocenters. The van der Waals surface area contributed by atoms with Crippen LogP contribution in [0.3, 0.4) is 0 Å². The minimum Gasteiger partial charge on any atom is -0.481 e. The van der Waals surface area contributed by atoms with E-state index in [1.807, 2.05) is 0 Å². The van der Waals surface area contributed by atoms with Crippen LogP contribution < -0.4 is 5.73 Å². The van der Waals surface area contributed by atoms with Crippen LogP contribution in [0.15, 0.2) is 6.07 Å². The van der Waals surface area contributed by atoms with Gasteiger partial charge in [0.15, 0.2) is 0 Å². The van der Waals surface area contributed by atoms with Crippen molar-refractivity contribution in [1.29, 1.82) is 0 Å². The molecule has 0 atom stereocenters. The molecule has 1 aromatic rings. The summed E-state index contributed by atoms with van der Waals surface area (Å²) in [5, 5.41) is 8.43. The Kier molecular flexibility index (Phi) is 3.83. The van der Waals surface area contributed by atoms with E-state index in [4.69, 9.17) is 10.8 Å². The van der Waals surface area contributed by atoms with Gasteiger partial charge in [-0.25, -0.2) is 18.2 Å². The summed E-state index contributed by atoms with van der Waals surface area (Å²) in [4.78, 5) is 13.6. The standard InChI is InChI=1S/C9H9F3N2O2/c10-5-1-4(3-13)8(9(11)12)14-6(5)2-7(15)16/h1,9H,2-3,13H2,(H,15,16). The smallest absolute Gasteiger partial charge is 0.309 e. The molecule has 0 bridgehead atoms. The lowest BCUT2D eigenvalue weighted by atomic mass is 10.1. The zero-order valence-corrected chi connectivity index (χ0v) is 8.08. The second kappa shape index (κ2) is 4.93. The first-order valence-corrected chi connectivity index (χ1v) is 4.34. The van der Waals surface area contributed by atoms with Crippen LogP contribution in [0, 0.1) is 5.82 Å². The van der Waals surface area contributed by atoms with E-state index in [2.05, 4.69) is 4.98 Å². The fourth-order valence-electron chi connectivity index (χ4n) is 1.20. The van der Waals surface area contributed by atoms with Gasteiger partial charge in [-0.1, -0.05) is 0 Å². The van der Waals surface area contributed by atoms with Gasteiger partial charge in [0.05, 0.1) is 12.1 Å². The lowest BCUT2D eigenvalue weighted by Crippen LogP contribution is -2.11. The van der Waals surface area contributed by atoms with Crippen molar-refractivity contribution < 1.29 is 23.1 Å². The van der Waals surface area contributed by atoms with Crippen molar-refractivity contribution >= 4 is 5.97 Å². The number of carboxylic acids is 1. The zero-order chi connectivity index (χ0) is 12.3. The van der Waals surface area contributed by atoms with Gasteiger partial charge in [0, 0.05) is 6.54 Å². The maximum Gasteiger partial charge on any atom is 0.309 e. The Morgan fingerprint density at radius 3 is 2.62 bits per heavy atom. The molecular formula is C9H9F3N2O2. The van der Waals surface area contributed by atoms with Crippen molar-refractivity contribution in [3.05, 3.63) is 28.8 Å². The second-order valence-corrected chi connectivity index (χ2v) is 3.04. The number of carbonyl (C=O) groups is 1. The Labute approximate surface area is 88.9 Å². The highest BCUT2D eigenvalue weighted by molar-refractivity contribution is 5.69. The molecule has 1 rings (SSSR count). The molecule has 0 saturated heterocycles. The number of halogens is 3. The monoisotopic (exact) mass is 234 g/mol. The van der Waals surface area contributed by atoms with E-state index in [0.29, 0.717) is 0 Å². The summed E-state index contributed by atoms with van der Waals surface area (Å²) in [5.41, 5.74) is 3.85. The highest BCUT2D eigenvalue weighted by atomic mass is 19.3. The largest absolute Gasteiger partial charge is 0.481 e. The molecule has 7 heteroatoms. The maximum absolute atomic E-state index is 13.2. The summed E-state index contributed by atoms with van der Waals surface area (Å²) < 4.78 is 38.2. The van der Waals surface area contributed by atoms with Gasteiger partial charge in [0.2, 0.25) is 0 Å². The summed E-state index contributed by atoms with van der Waals surface area (Å²) in [6.45, 7) is -0.281. The SMILES string of the molecule is NCc1cc(F)c(CC(=O)O)nc1C(F)F. The molecule has 4 nitrogen and oxygen atoms in total. The molecule has 1 heterocycles. The lowest BCUT2D eigenvalue weighted by molar-refractivity contribution is -0.136. The van der Waals surface area contributed by atoms with Gasteiger partial charge in [-0.05, 0) is 11.6 Å². The van der Waals surface area contributed by atoms with Crippen molar-refractivity contribution in [3.8, 4) is 0 Å². The molecule has 0 fully saturated rings. The van der Waals surface area contributed by atoms with E-state index in [9.17, 15) is 18.0 Å². The van der Waals surface area contributed by atoms with Gasteiger partial charge >= 0.3 is 5.97 Å². The van der Waals surface area contributed by atoms with Gasteiger partial charge in [-0.3, -0.25) is 4.79 Å². The average molecular weight is 234 g/mol. The molecule has 0 spiro atoms. The number of hydrogen-bond acceptors (Lipinski definition) is 3. The minimum absolute atomic E-state index is 0.123. The van der Waals surface area contributed by atoms with E-state index in [-0.39, 0.29) is 12.1 Å². The van der Waals surface area contributed by atoms with Crippen LogP contribution in [0.25, 0.3) is 0 Å². The predicted octanol–water partition coefficient (Wildman–Crippen LogP) is 1.24. The van der Waals surface area contributed by atoms with Crippen LogP contribution in [0.4, 0.5) is 13.2 Å². The van der Waals surface area contributed by atoms with Crippen LogP contribution in [0.5, 0.6) is 0 Å². The molecule has 88 valence electrons. The van der Waals surface area contributed by atoms with E-state index >= 15 is 0 Å². The average Bonchev–Trinajstić information content (AvgIpc) is 2.19. The van der Waals surface area contributed by atoms with Crippen LogP contribution in [0.2, 0.25) is 0 Å². The summed E-state index contributed by atoms with van der Waals surface area (Å²) in [6.07, 6.45) is -3.65. The van der Waals surface area contributed by atoms with E-state index < -0.39 is 36.0 Å². The summed E-state index contributed by atoms with van der Waals surface area (Å²) in [7, 11) is 0. The Morgan fingerprint density at radius 1 is 1.56 bits per heavy atom. The summed E-state index contributed by atoms with van der Waals surface area (Å²) in [6, 6.07) is 0.798. The Bertz CT molecular complexity index is 410. The first kappa shape index (κ1) is 12.4. The maximum atomic E-state index is 13.2. The molecule has 0 aromatic carbocycles. The van der Waals surface area contributed by atoms with E-state index in [0.717, 1.165) is 6.07 Å². The summed E-state index contributed by atoms with van der Waals surface area (Å²) >= 11 is 0. The minimum atomic E-state index is -2.91. The van der Waals surface area contributed by atoms with Crippen molar-refractivity contribution in [3.63, 3.8) is 0 Å². The van der Waals surface area contributed by atoms with Crippen LogP contribution in [-0.2, 0) is 17.8 Å². The van der Waals surface area contributed by atoms with Crippen molar-refractivity contribution in [2.45, 2.75) is 19.4 Å². The number of carboxylic acid groups (broad SMARTS) is 1. The van der Waals surface area contributed by atoms with Gasteiger partial charge in [-0.2, -0.15) is 0 Å². The number of hydrogen-bond donors (Lipinski definition) is 2. The number of aromatic nitrogens is 1. The van der Waals surface area contributed by atoms with Gasteiger partial charge in [0.25, 0.3) is 6.43 Å². The zero-order valence-electron chi connectivity index (χ0n) is 8.08. The molecule has 0 saturated carbocycles. The topological polar surface area (TPSA) is 76.2 Å². The van der Waals surface area contributed by atoms with Gasteiger partial charge in [-0.15, -0.1) is 0 Å². The first-order valence-electron chi connectivity index (χ1n) is 4.34. The van der Waals surface area contributed by atoms with Crippen LogP contribution >= 0.6 is 0 Å². The number of nitrogens with zero attached hydrogens (tertiary/aromatic N) is 1. The molecule has 0 amide bonds. The highest BCUT2D eigenvalue weighted by Gasteiger charge is 2.19. The molecule has 16 heavy (non-hydrogen) atoms. The third-order valence-corrected chi connectivity index (χ3v) is 1.91. The van der Waals surface area contributed by atoms with E-state index in [1.165, 1.54) is 0 Å². The third-order valence-electron chi connectivity index (χ3n) is 1.91. The lowest BCUT2D eigenvalue weighted by Gasteiger charge is -2.08. The molecule has 0 radical (unpaired) electrons. The number of aliphatic carboxylic acids is 1. The van der Waals surface area contributed by atoms with Crippen LogP contribution in [0.1, 0.15) is 23.4 Å². The van der Waals surface area contributed by atoms with Gasteiger partial charge in [0.1, 0.15) is 11.5 Å². The first-order chi connectivity index (χ1) is 7.45. The van der Waals surface area contributed by atoms with Crippen molar-refractivity contribution in [2.24, 2.45) is 5.73 Å². The fraction of sp³-hybridized carbons (Fsp3) is 0.333. The molecule has 0 aliphatic rings. The van der Waals surface area contributed by atoms with Crippen molar-refractivity contribution in [1.82, 2.24) is 4.98 Å². The van der Waals surface area contributed by atoms with Crippen molar-refractivity contribution in [2.75, 3.05) is 0 Å². The molecule has 3 N–H and O–H groups in total. The van der Waals surface area contributed by atoms with Gasteiger partial charge < -0.3 is 10.8 Å². The number of pyridine rings is 1. The normalized spacial score (nSPS) is 10.8. The highest BCUT2D eigenvalue weighted by Crippen LogP contribution is 2.22. The Morgan fingerprint density at radius 2 is 2.19 bits per heavy atom. The molecule has 1 aromatic heterocycles. The number of rotatable bonds is 4. The predicted molar refractivity (Wildman–Crippen MR) is 48.4 cm³/mol. The number of nitrogens with two attached hydrogens (primary N) is 1. The molecule has 0 aliphatic carbocycles. The molecular weight excluding hydrogens is 225 g/mol. The quantitative estimate of drug-likeness (QED) is 0.821. The fourth-order valence-corrected chi connectivity index (χ4v) is 1.20. The van der Waals surface area contributed by atoms with Crippen LogP contribution in [-0.4, -0.2) is 16.1 Å². The second-order valence-electron chi connectivity index (χ2n) is 3.04. The van der Waals surface area contributed by atoms with E-state index in [1.54, 1.807) is 0 Å². The Balaban J connectivity index is 3.21. The summed E-state index contributed by atoms with van der Waals surface area (Å²) in [5.74, 6) is -2.28. The Hall–Kier alpha value is -1.63. The molecule has 0 aliphatic heterocycles.